The van der Waals surface area contributed by atoms with Crippen LogP contribution in [0.4, 0.5) is 5.95 Å². The van der Waals surface area contributed by atoms with Crippen LogP contribution in [0.15, 0.2) is 60.2 Å². The number of nitrogens with zero attached hydrogens (tertiary/aromatic N) is 3. The molecule has 6 heteroatoms. The van der Waals surface area contributed by atoms with E-state index in [1.165, 1.54) is 5.56 Å². The van der Waals surface area contributed by atoms with E-state index in [-0.39, 0.29) is 17.9 Å². The van der Waals surface area contributed by atoms with Crippen molar-refractivity contribution in [3.63, 3.8) is 0 Å². The van der Waals surface area contributed by atoms with Gasteiger partial charge in [-0.05, 0) is 53.8 Å². The summed E-state index contributed by atoms with van der Waals surface area (Å²) < 4.78 is 0. The normalized spacial score (nSPS) is 18.4. The predicted molar refractivity (Wildman–Crippen MR) is 126 cm³/mol. The van der Waals surface area contributed by atoms with Crippen LogP contribution in [0.2, 0.25) is 0 Å². The van der Waals surface area contributed by atoms with Crippen molar-refractivity contribution < 1.29 is 4.79 Å². The maximum absolute atomic E-state index is 13.3. The van der Waals surface area contributed by atoms with Crippen molar-refractivity contribution >= 4 is 23.2 Å². The minimum absolute atomic E-state index is 0.0700. The van der Waals surface area contributed by atoms with Crippen molar-refractivity contribution in [2.45, 2.75) is 45.1 Å². The second-order valence-electron chi connectivity index (χ2n) is 8.27. The number of hydrogen-bond donors (Lipinski definition) is 1. The average Bonchev–Trinajstić information content (AvgIpc) is 3.37. The summed E-state index contributed by atoms with van der Waals surface area (Å²) in [6.45, 7) is 6.00. The highest BCUT2D eigenvalue weighted by molar-refractivity contribution is 7.10. The number of carbonyl (C=O) groups is 1. The average molecular weight is 435 g/mol. The van der Waals surface area contributed by atoms with Crippen molar-refractivity contribution in [1.29, 1.82) is 0 Å². The number of rotatable bonds is 7. The van der Waals surface area contributed by atoms with Gasteiger partial charge in [-0.25, -0.2) is 9.97 Å². The summed E-state index contributed by atoms with van der Waals surface area (Å²) in [6, 6.07) is 14.6. The SMILES string of the molecule is CCC(C)c1ccc(C(NC(=O)C2CCCN(c3ncccn3)C2)c2cccs2)cc1. The van der Waals surface area contributed by atoms with Gasteiger partial charge in [-0.3, -0.25) is 4.79 Å². The number of thiophene rings is 1. The second-order valence-corrected chi connectivity index (χ2v) is 9.25. The summed E-state index contributed by atoms with van der Waals surface area (Å²) in [4.78, 5) is 25.3. The van der Waals surface area contributed by atoms with Crippen LogP contribution < -0.4 is 10.2 Å². The molecule has 1 amide bonds. The first-order chi connectivity index (χ1) is 15.2. The lowest BCUT2D eigenvalue weighted by Crippen LogP contribution is -2.44. The van der Waals surface area contributed by atoms with Crippen molar-refractivity contribution in [2.75, 3.05) is 18.0 Å². The van der Waals surface area contributed by atoms with E-state index in [0.717, 1.165) is 36.2 Å². The van der Waals surface area contributed by atoms with Gasteiger partial charge in [0.05, 0.1) is 12.0 Å². The molecule has 2 aromatic heterocycles. The summed E-state index contributed by atoms with van der Waals surface area (Å²) in [7, 11) is 0. The highest BCUT2D eigenvalue weighted by Gasteiger charge is 2.29. The molecule has 1 aromatic carbocycles. The van der Waals surface area contributed by atoms with E-state index >= 15 is 0 Å². The van der Waals surface area contributed by atoms with E-state index < -0.39 is 0 Å². The van der Waals surface area contributed by atoms with Gasteiger partial charge in [-0.1, -0.05) is 44.2 Å². The Morgan fingerprint density at radius 2 is 1.90 bits per heavy atom. The zero-order chi connectivity index (χ0) is 21.6. The molecular weight excluding hydrogens is 404 g/mol. The van der Waals surface area contributed by atoms with E-state index in [2.05, 4.69) is 69.7 Å². The monoisotopic (exact) mass is 434 g/mol. The van der Waals surface area contributed by atoms with Crippen molar-refractivity contribution in [2.24, 2.45) is 5.92 Å². The number of carbonyl (C=O) groups excluding carboxylic acids is 1. The van der Waals surface area contributed by atoms with Gasteiger partial charge in [0.25, 0.3) is 0 Å². The Hall–Kier alpha value is -2.73. The minimum Gasteiger partial charge on any atom is -0.344 e. The van der Waals surface area contributed by atoms with Crippen LogP contribution in [0.25, 0.3) is 0 Å². The Labute approximate surface area is 188 Å². The summed E-state index contributed by atoms with van der Waals surface area (Å²) in [5.74, 6) is 1.28. The number of aromatic nitrogens is 2. The topological polar surface area (TPSA) is 58.1 Å². The molecule has 3 unspecified atom stereocenters. The molecule has 1 fully saturated rings. The fourth-order valence-electron chi connectivity index (χ4n) is 4.11. The lowest BCUT2D eigenvalue weighted by atomic mass is 9.94. The maximum Gasteiger partial charge on any atom is 0.225 e. The van der Waals surface area contributed by atoms with Gasteiger partial charge in [0.15, 0.2) is 0 Å². The number of nitrogens with one attached hydrogen (secondary N) is 1. The summed E-state index contributed by atoms with van der Waals surface area (Å²) in [5, 5.41) is 5.41. The lowest BCUT2D eigenvalue weighted by molar-refractivity contribution is -0.125. The third kappa shape index (κ3) is 5.13. The van der Waals surface area contributed by atoms with Crippen LogP contribution >= 0.6 is 11.3 Å². The smallest absolute Gasteiger partial charge is 0.225 e. The summed E-state index contributed by atoms with van der Waals surface area (Å²) in [5.41, 5.74) is 2.47. The molecule has 0 bridgehead atoms. The first kappa shape index (κ1) is 21.5. The zero-order valence-electron chi connectivity index (χ0n) is 18.2. The van der Waals surface area contributed by atoms with Crippen LogP contribution in [0.5, 0.6) is 0 Å². The summed E-state index contributed by atoms with van der Waals surface area (Å²) >= 11 is 1.68. The molecule has 3 aromatic rings. The largest absolute Gasteiger partial charge is 0.344 e. The molecule has 1 N–H and O–H groups in total. The Balaban J connectivity index is 1.50. The Morgan fingerprint density at radius 3 is 2.58 bits per heavy atom. The first-order valence-electron chi connectivity index (χ1n) is 11.1. The van der Waals surface area contributed by atoms with E-state index in [1.54, 1.807) is 23.7 Å². The highest BCUT2D eigenvalue weighted by atomic mass is 32.1. The number of piperidine rings is 1. The number of benzene rings is 1. The molecule has 3 heterocycles. The molecule has 5 nitrogen and oxygen atoms in total. The standard InChI is InChI=1S/C25H30N4OS/c1-3-18(2)19-9-11-20(12-10-19)23(22-8-5-16-31-22)28-24(30)21-7-4-15-29(17-21)25-26-13-6-14-27-25/h5-6,8-14,16,18,21,23H,3-4,7,15,17H2,1-2H3,(H,28,30). The van der Waals surface area contributed by atoms with Crippen molar-refractivity contribution in [1.82, 2.24) is 15.3 Å². The van der Waals surface area contributed by atoms with E-state index in [1.807, 2.05) is 12.1 Å². The van der Waals surface area contributed by atoms with E-state index in [9.17, 15) is 4.79 Å². The zero-order valence-corrected chi connectivity index (χ0v) is 19.0. The molecule has 1 aliphatic heterocycles. The van der Waals surface area contributed by atoms with Gasteiger partial charge in [0, 0.05) is 30.4 Å². The second kappa shape index (κ2) is 10.1. The van der Waals surface area contributed by atoms with Gasteiger partial charge < -0.3 is 10.2 Å². The van der Waals surface area contributed by atoms with Crippen LogP contribution in [0, 0.1) is 5.92 Å². The lowest BCUT2D eigenvalue weighted by Gasteiger charge is -2.32. The molecule has 0 radical (unpaired) electrons. The molecular formula is C25H30N4OS. The predicted octanol–water partition coefficient (Wildman–Crippen LogP) is 5.17. The number of hydrogen-bond acceptors (Lipinski definition) is 5. The maximum atomic E-state index is 13.3. The highest BCUT2D eigenvalue weighted by Crippen LogP contribution is 2.29. The molecule has 4 rings (SSSR count). The molecule has 162 valence electrons. The Bertz CT molecular complexity index is 959. The molecule has 31 heavy (non-hydrogen) atoms. The molecule has 0 saturated carbocycles. The molecule has 0 spiro atoms. The van der Waals surface area contributed by atoms with Crippen LogP contribution in [0.3, 0.4) is 0 Å². The van der Waals surface area contributed by atoms with Crippen LogP contribution in [0.1, 0.15) is 61.1 Å². The van der Waals surface area contributed by atoms with Crippen LogP contribution in [-0.2, 0) is 4.79 Å². The summed E-state index contributed by atoms with van der Waals surface area (Å²) in [6.07, 6.45) is 6.47. The molecule has 1 saturated heterocycles. The molecule has 1 aliphatic rings. The van der Waals surface area contributed by atoms with Gasteiger partial charge in [-0.15, -0.1) is 11.3 Å². The Morgan fingerprint density at radius 1 is 1.16 bits per heavy atom. The number of amides is 1. The van der Waals surface area contributed by atoms with Gasteiger partial charge >= 0.3 is 0 Å². The third-order valence-electron chi connectivity index (χ3n) is 6.19. The van der Waals surface area contributed by atoms with Crippen LogP contribution in [-0.4, -0.2) is 29.0 Å². The van der Waals surface area contributed by atoms with Gasteiger partial charge in [-0.2, -0.15) is 0 Å². The van der Waals surface area contributed by atoms with E-state index in [0.29, 0.717) is 18.4 Å². The third-order valence-corrected chi connectivity index (χ3v) is 7.13. The minimum atomic E-state index is -0.123. The molecule has 3 atom stereocenters. The Kier molecular flexibility index (Phi) is 6.97. The van der Waals surface area contributed by atoms with Crippen molar-refractivity contribution in [3.8, 4) is 0 Å². The fourth-order valence-corrected chi connectivity index (χ4v) is 4.92. The van der Waals surface area contributed by atoms with Gasteiger partial charge in [0.1, 0.15) is 0 Å². The first-order valence-corrected chi connectivity index (χ1v) is 12.0. The quantitative estimate of drug-likeness (QED) is 0.557. The van der Waals surface area contributed by atoms with Gasteiger partial charge in [0.2, 0.25) is 11.9 Å². The van der Waals surface area contributed by atoms with Crippen molar-refractivity contribution in [3.05, 3.63) is 76.2 Å². The molecule has 0 aliphatic carbocycles. The fraction of sp³-hybridized carbons (Fsp3) is 0.400. The number of anilines is 1. The van der Waals surface area contributed by atoms with E-state index in [4.69, 9.17) is 0 Å².